The van der Waals surface area contributed by atoms with Crippen LogP contribution in [-0.4, -0.2) is 11.8 Å². The molecule has 0 bridgehead atoms. The van der Waals surface area contributed by atoms with Gasteiger partial charge in [-0.1, -0.05) is 22.0 Å². The van der Waals surface area contributed by atoms with Gasteiger partial charge in [-0.2, -0.15) is 0 Å². The van der Waals surface area contributed by atoms with Crippen LogP contribution in [0.4, 0.5) is 0 Å². The number of aromatic nitrogens is 1. The van der Waals surface area contributed by atoms with Crippen molar-refractivity contribution in [3.63, 3.8) is 0 Å². The van der Waals surface area contributed by atoms with E-state index in [9.17, 15) is 0 Å². The monoisotopic (exact) mass is 343 g/mol. The molecule has 0 saturated carbocycles. The summed E-state index contributed by atoms with van der Waals surface area (Å²) in [6.45, 7) is 0.251. The molecule has 4 nitrogen and oxygen atoms in total. The standard InChI is InChI=1S/C16H10BrNO3/c17-11-2-1-3-12(7-11)21-16-13-8-15-14(19-9-20-15)6-10(13)4-5-18-16/h1-8H,9H2. The van der Waals surface area contributed by atoms with Gasteiger partial charge in [-0.05, 0) is 41.8 Å². The average Bonchev–Trinajstić information content (AvgIpc) is 2.93. The Hall–Kier alpha value is -2.27. The molecule has 0 radical (unpaired) electrons. The molecule has 0 spiro atoms. The van der Waals surface area contributed by atoms with E-state index in [1.807, 2.05) is 42.5 Å². The predicted octanol–water partition coefficient (Wildman–Crippen LogP) is 4.52. The highest BCUT2D eigenvalue weighted by atomic mass is 79.9. The lowest BCUT2D eigenvalue weighted by Gasteiger charge is -2.08. The number of benzene rings is 2. The Balaban J connectivity index is 1.81. The van der Waals surface area contributed by atoms with Crippen LogP contribution in [0.1, 0.15) is 0 Å². The molecule has 1 aliphatic heterocycles. The molecular weight excluding hydrogens is 334 g/mol. The molecule has 0 aliphatic carbocycles. The largest absolute Gasteiger partial charge is 0.454 e. The Bertz CT molecular complexity index is 835. The zero-order valence-electron chi connectivity index (χ0n) is 10.9. The highest BCUT2D eigenvalue weighted by molar-refractivity contribution is 9.10. The van der Waals surface area contributed by atoms with Crippen LogP contribution in [0.2, 0.25) is 0 Å². The van der Waals surface area contributed by atoms with Crippen molar-refractivity contribution in [1.29, 1.82) is 0 Å². The van der Waals surface area contributed by atoms with Crippen molar-refractivity contribution in [2.45, 2.75) is 0 Å². The van der Waals surface area contributed by atoms with Gasteiger partial charge < -0.3 is 14.2 Å². The first kappa shape index (κ1) is 12.5. The van der Waals surface area contributed by atoms with Gasteiger partial charge in [-0.25, -0.2) is 4.98 Å². The van der Waals surface area contributed by atoms with Crippen LogP contribution in [0, 0.1) is 0 Å². The first-order chi connectivity index (χ1) is 10.3. The molecule has 1 aromatic heterocycles. The second kappa shape index (κ2) is 4.93. The van der Waals surface area contributed by atoms with Gasteiger partial charge in [0.2, 0.25) is 12.7 Å². The molecule has 0 N–H and O–H groups in total. The number of ether oxygens (including phenoxy) is 3. The molecule has 4 rings (SSSR count). The number of pyridine rings is 1. The Kier molecular flexibility index (Phi) is 2.93. The predicted molar refractivity (Wildman–Crippen MR) is 82.1 cm³/mol. The van der Waals surface area contributed by atoms with E-state index in [2.05, 4.69) is 20.9 Å². The second-order valence-electron chi connectivity index (χ2n) is 4.60. The summed E-state index contributed by atoms with van der Waals surface area (Å²) in [6.07, 6.45) is 1.72. The zero-order chi connectivity index (χ0) is 14.2. The number of rotatable bonds is 2. The Labute approximate surface area is 129 Å². The fourth-order valence-electron chi connectivity index (χ4n) is 2.26. The van der Waals surface area contributed by atoms with Gasteiger partial charge >= 0.3 is 0 Å². The van der Waals surface area contributed by atoms with Crippen LogP contribution in [0.3, 0.4) is 0 Å². The fourth-order valence-corrected chi connectivity index (χ4v) is 2.64. The number of fused-ring (bicyclic) bond motifs is 2. The average molecular weight is 344 g/mol. The molecule has 2 heterocycles. The van der Waals surface area contributed by atoms with Crippen LogP contribution >= 0.6 is 15.9 Å². The van der Waals surface area contributed by atoms with E-state index >= 15 is 0 Å². The summed E-state index contributed by atoms with van der Waals surface area (Å²) in [5.41, 5.74) is 0. The van der Waals surface area contributed by atoms with E-state index < -0.39 is 0 Å². The second-order valence-corrected chi connectivity index (χ2v) is 5.52. The van der Waals surface area contributed by atoms with E-state index in [1.54, 1.807) is 6.20 Å². The lowest BCUT2D eigenvalue weighted by molar-refractivity contribution is 0.174. The van der Waals surface area contributed by atoms with Gasteiger partial charge in [-0.3, -0.25) is 0 Å². The molecular formula is C16H10BrNO3. The minimum absolute atomic E-state index is 0.251. The minimum Gasteiger partial charge on any atom is -0.454 e. The van der Waals surface area contributed by atoms with Crippen molar-refractivity contribution in [1.82, 2.24) is 4.98 Å². The number of nitrogens with zero attached hydrogens (tertiary/aromatic N) is 1. The molecule has 0 saturated heterocycles. The molecule has 0 amide bonds. The smallest absolute Gasteiger partial charge is 0.231 e. The van der Waals surface area contributed by atoms with E-state index in [1.165, 1.54) is 0 Å². The van der Waals surface area contributed by atoms with Gasteiger partial charge in [0.15, 0.2) is 11.5 Å². The molecule has 0 unspecified atom stereocenters. The molecule has 0 atom stereocenters. The van der Waals surface area contributed by atoms with Gasteiger partial charge in [0.1, 0.15) is 5.75 Å². The number of hydrogen-bond acceptors (Lipinski definition) is 4. The molecule has 3 aromatic rings. The van der Waals surface area contributed by atoms with Crippen LogP contribution < -0.4 is 14.2 Å². The van der Waals surface area contributed by atoms with Gasteiger partial charge in [0.05, 0.1) is 0 Å². The molecule has 5 heteroatoms. The summed E-state index contributed by atoms with van der Waals surface area (Å²) in [6, 6.07) is 13.4. The normalized spacial score (nSPS) is 12.6. The van der Waals surface area contributed by atoms with Crippen molar-refractivity contribution in [3.05, 3.63) is 53.1 Å². The van der Waals surface area contributed by atoms with E-state index in [-0.39, 0.29) is 6.79 Å². The first-order valence-corrected chi connectivity index (χ1v) is 7.21. The van der Waals surface area contributed by atoms with Crippen LogP contribution in [0.15, 0.2) is 53.1 Å². The van der Waals surface area contributed by atoms with Crippen molar-refractivity contribution >= 4 is 26.7 Å². The van der Waals surface area contributed by atoms with E-state index in [0.717, 1.165) is 32.5 Å². The third-order valence-electron chi connectivity index (χ3n) is 3.23. The maximum atomic E-state index is 5.89. The summed E-state index contributed by atoms with van der Waals surface area (Å²) in [5.74, 6) is 2.74. The lowest BCUT2D eigenvalue weighted by atomic mass is 10.1. The fraction of sp³-hybridized carbons (Fsp3) is 0.0625. The van der Waals surface area contributed by atoms with Crippen molar-refractivity contribution in [2.24, 2.45) is 0 Å². The van der Waals surface area contributed by atoms with E-state index in [4.69, 9.17) is 14.2 Å². The zero-order valence-corrected chi connectivity index (χ0v) is 12.5. The molecule has 104 valence electrons. The van der Waals surface area contributed by atoms with Gasteiger partial charge in [-0.15, -0.1) is 0 Å². The van der Waals surface area contributed by atoms with Crippen molar-refractivity contribution in [3.8, 4) is 23.1 Å². The summed E-state index contributed by atoms with van der Waals surface area (Å²) >= 11 is 3.43. The maximum Gasteiger partial charge on any atom is 0.231 e. The summed E-state index contributed by atoms with van der Waals surface area (Å²) < 4.78 is 17.7. The third-order valence-corrected chi connectivity index (χ3v) is 3.72. The maximum absolute atomic E-state index is 5.89. The van der Waals surface area contributed by atoms with Gasteiger partial charge in [0.25, 0.3) is 0 Å². The highest BCUT2D eigenvalue weighted by Crippen LogP contribution is 2.39. The van der Waals surface area contributed by atoms with Crippen LogP contribution in [0.5, 0.6) is 23.1 Å². The molecule has 21 heavy (non-hydrogen) atoms. The molecule has 0 fully saturated rings. The highest BCUT2D eigenvalue weighted by Gasteiger charge is 2.16. The summed E-state index contributed by atoms with van der Waals surface area (Å²) in [5, 5.41) is 1.89. The lowest BCUT2D eigenvalue weighted by Crippen LogP contribution is -1.92. The van der Waals surface area contributed by atoms with Crippen LogP contribution in [0.25, 0.3) is 10.8 Å². The van der Waals surface area contributed by atoms with E-state index in [0.29, 0.717) is 5.88 Å². The van der Waals surface area contributed by atoms with Gasteiger partial charge in [0, 0.05) is 16.1 Å². The topological polar surface area (TPSA) is 40.6 Å². The number of halogens is 1. The van der Waals surface area contributed by atoms with Crippen molar-refractivity contribution < 1.29 is 14.2 Å². The quantitative estimate of drug-likeness (QED) is 0.685. The molecule has 2 aromatic carbocycles. The first-order valence-electron chi connectivity index (χ1n) is 6.41. The minimum atomic E-state index is 0.251. The summed E-state index contributed by atoms with van der Waals surface area (Å²) in [4.78, 5) is 4.32. The van der Waals surface area contributed by atoms with Crippen molar-refractivity contribution in [2.75, 3.05) is 6.79 Å². The molecule has 1 aliphatic rings. The summed E-state index contributed by atoms with van der Waals surface area (Å²) in [7, 11) is 0. The Morgan fingerprint density at radius 3 is 2.76 bits per heavy atom. The Morgan fingerprint density at radius 1 is 1.05 bits per heavy atom. The SMILES string of the molecule is Brc1cccc(Oc2nccc3cc4c(cc23)OCO4)c1. The third kappa shape index (κ3) is 2.29. The number of hydrogen-bond donors (Lipinski definition) is 0. The van der Waals surface area contributed by atoms with Crippen LogP contribution in [-0.2, 0) is 0 Å². The Morgan fingerprint density at radius 2 is 1.90 bits per heavy atom.